The minimum absolute atomic E-state index is 0.0515. The molecular weight excluding hydrogens is 466 g/mol. The summed E-state index contributed by atoms with van der Waals surface area (Å²) in [6.07, 6.45) is 0.865. The van der Waals surface area contributed by atoms with Crippen LogP contribution in [0.3, 0.4) is 0 Å². The number of nitrogens with one attached hydrogen (secondary N) is 4. The van der Waals surface area contributed by atoms with Gasteiger partial charge >= 0.3 is 0 Å². The lowest BCUT2D eigenvalue weighted by Gasteiger charge is -2.25. The number of hydrogen-bond acceptors (Lipinski definition) is 7. The standard InChI is InChI=1S/C24H45N7O5/c1-7-22(34)29(16-19(4)26-6)14-11-27-21(33)18-31(24(36)9-3)15-12-28-20(32)17-30(13-10-25-5)23(35)8-2/h25-26H,4,7-18H2,1-3,5-6H3,(H,27,33)(H,28,32). The Balaban J connectivity index is 4.73. The van der Waals surface area contributed by atoms with Gasteiger partial charge in [-0.15, -0.1) is 0 Å². The molecule has 12 nitrogen and oxygen atoms in total. The maximum Gasteiger partial charge on any atom is 0.239 e. The molecule has 206 valence electrons. The molecule has 0 heterocycles. The molecule has 0 saturated carbocycles. The third-order valence-electron chi connectivity index (χ3n) is 5.41. The molecule has 0 aromatic carbocycles. The number of nitrogens with zero attached hydrogens (tertiary/aromatic N) is 3. The van der Waals surface area contributed by atoms with Crippen molar-refractivity contribution in [3.63, 3.8) is 0 Å². The Bertz CT molecular complexity index is 744. The van der Waals surface area contributed by atoms with Crippen molar-refractivity contribution in [2.24, 2.45) is 0 Å². The Morgan fingerprint density at radius 2 is 0.972 bits per heavy atom. The highest BCUT2D eigenvalue weighted by atomic mass is 16.2. The van der Waals surface area contributed by atoms with E-state index < -0.39 is 0 Å². The van der Waals surface area contributed by atoms with Crippen LogP contribution in [-0.4, -0.2) is 117 Å². The van der Waals surface area contributed by atoms with Gasteiger partial charge in [0.25, 0.3) is 0 Å². The summed E-state index contributed by atoms with van der Waals surface area (Å²) in [7, 11) is 3.50. The molecule has 0 unspecified atom stereocenters. The molecule has 0 aromatic rings. The van der Waals surface area contributed by atoms with Crippen LogP contribution >= 0.6 is 0 Å². The van der Waals surface area contributed by atoms with Gasteiger partial charge in [-0.05, 0) is 7.05 Å². The van der Waals surface area contributed by atoms with E-state index in [1.54, 1.807) is 39.8 Å². The van der Waals surface area contributed by atoms with Crippen LogP contribution in [0.2, 0.25) is 0 Å². The molecule has 0 aliphatic heterocycles. The Hall–Kier alpha value is -3.15. The molecule has 36 heavy (non-hydrogen) atoms. The minimum atomic E-state index is -0.355. The van der Waals surface area contributed by atoms with Gasteiger partial charge in [0.2, 0.25) is 29.5 Å². The predicted molar refractivity (Wildman–Crippen MR) is 139 cm³/mol. The Morgan fingerprint density at radius 3 is 1.31 bits per heavy atom. The van der Waals surface area contributed by atoms with Crippen LogP contribution in [0.15, 0.2) is 12.3 Å². The fourth-order valence-electron chi connectivity index (χ4n) is 3.22. The van der Waals surface area contributed by atoms with Crippen LogP contribution in [0.4, 0.5) is 0 Å². The lowest BCUT2D eigenvalue weighted by molar-refractivity contribution is -0.136. The van der Waals surface area contributed by atoms with E-state index in [0.717, 1.165) is 0 Å². The average molecular weight is 512 g/mol. The second-order valence-electron chi connectivity index (χ2n) is 8.16. The van der Waals surface area contributed by atoms with E-state index in [9.17, 15) is 24.0 Å². The summed E-state index contributed by atoms with van der Waals surface area (Å²) in [4.78, 5) is 65.7. The molecule has 12 heteroatoms. The normalized spacial score (nSPS) is 10.2. The largest absolute Gasteiger partial charge is 0.390 e. The molecular formula is C24H45N7O5. The average Bonchev–Trinajstić information content (AvgIpc) is 2.88. The molecule has 5 amide bonds. The SMILES string of the molecule is C=C(CN(CCNC(=O)CN(CCNC(=O)CN(CCNC)C(=O)CC)C(=O)CC)C(=O)CC)NC. The summed E-state index contributed by atoms with van der Waals surface area (Å²) in [5, 5.41) is 11.3. The van der Waals surface area contributed by atoms with Crippen LogP contribution in [0.5, 0.6) is 0 Å². The first-order valence-electron chi connectivity index (χ1n) is 12.5. The summed E-state index contributed by atoms with van der Waals surface area (Å²) in [5.74, 6) is -1.07. The summed E-state index contributed by atoms with van der Waals surface area (Å²) in [5.41, 5.74) is 0.689. The first kappa shape index (κ1) is 32.8. The molecule has 0 aliphatic carbocycles. The monoisotopic (exact) mass is 511 g/mol. The predicted octanol–water partition coefficient (Wildman–Crippen LogP) is -1.11. The van der Waals surface area contributed by atoms with Gasteiger partial charge in [-0.25, -0.2) is 0 Å². The molecule has 0 bridgehead atoms. The van der Waals surface area contributed by atoms with Gasteiger partial charge in [-0.2, -0.15) is 0 Å². The van der Waals surface area contributed by atoms with E-state index in [1.807, 2.05) is 0 Å². The van der Waals surface area contributed by atoms with Gasteiger partial charge < -0.3 is 36.0 Å². The van der Waals surface area contributed by atoms with Crippen molar-refractivity contribution in [3.05, 3.63) is 12.3 Å². The van der Waals surface area contributed by atoms with Crippen LogP contribution in [0.1, 0.15) is 40.0 Å². The van der Waals surface area contributed by atoms with Gasteiger partial charge in [0.1, 0.15) is 0 Å². The Labute approximate surface area is 215 Å². The maximum absolute atomic E-state index is 12.4. The number of carbonyl (C=O) groups excluding carboxylic acids is 5. The number of amides is 5. The van der Waals surface area contributed by atoms with Gasteiger partial charge in [0, 0.05) is 71.3 Å². The summed E-state index contributed by atoms with van der Waals surface area (Å²) in [6.45, 7) is 11.0. The van der Waals surface area contributed by atoms with E-state index in [2.05, 4.69) is 27.8 Å². The highest BCUT2D eigenvalue weighted by Crippen LogP contribution is 1.98. The topological polar surface area (TPSA) is 143 Å². The first-order valence-corrected chi connectivity index (χ1v) is 12.5. The second kappa shape index (κ2) is 19.1. The molecule has 0 rings (SSSR count). The van der Waals surface area contributed by atoms with E-state index in [1.165, 1.54) is 9.80 Å². The summed E-state index contributed by atoms with van der Waals surface area (Å²) >= 11 is 0. The van der Waals surface area contributed by atoms with Crippen LogP contribution < -0.4 is 21.3 Å². The highest BCUT2D eigenvalue weighted by Gasteiger charge is 2.18. The van der Waals surface area contributed by atoms with Crippen molar-refractivity contribution >= 4 is 29.5 Å². The van der Waals surface area contributed by atoms with Crippen LogP contribution in [0.25, 0.3) is 0 Å². The smallest absolute Gasteiger partial charge is 0.239 e. The summed E-state index contributed by atoms with van der Waals surface area (Å²) < 4.78 is 0. The first-order chi connectivity index (χ1) is 17.1. The molecule has 4 N–H and O–H groups in total. The van der Waals surface area contributed by atoms with Crippen molar-refractivity contribution in [1.82, 2.24) is 36.0 Å². The molecule has 0 spiro atoms. The third kappa shape index (κ3) is 13.7. The van der Waals surface area contributed by atoms with Gasteiger partial charge in [0.15, 0.2) is 0 Å². The molecule has 0 aliphatic rings. The molecule has 0 fully saturated rings. The molecule has 0 aromatic heterocycles. The molecule has 0 radical (unpaired) electrons. The number of carbonyl (C=O) groups is 5. The summed E-state index contributed by atoms with van der Waals surface area (Å²) in [6, 6.07) is 0. The van der Waals surface area contributed by atoms with Crippen LogP contribution in [0, 0.1) is 0 Å². The van der Waals surface area contributed by atoms with Crippen LogP contribution in [-0.2, 0) is 24.0 Å². The Kier molecular flexibility index (Phi) is 17.4. The number of likely N-dealkylation sites (N-methyl/N-ethyl adjacent to an activating group) is 2. The van der Waals surface area contributed by atoms with Crippen molar-refractivity contribution < 1.29 is 24.0 Å². The van der Waals surface area contributed by atoms with Crippen molar-refractivity contribution in [2.75, 3.05) is 73.0 Å². The lowest BCUT2D eigenvalue weighted by atomic mass is 10.3. The molecule has 0 saturated heterocycles. The van der Waals surface area contributed by atoms with E-state index >= 15 is 0 Å². The number of hydrogen-bond donors (Lipinski definition) is 4. The quantitative estimate of drug-likeness (QED) is 0.172. The zero-order valence-electron chi connectivity index (χ0n) is 22.6. The maximum atomic E-state index is 12.4. The second-order valence-corrected chi connectivity index (χ2v) is 8.16. The number of rotatable bonds is 19. The lowest BCUT2D eigenvalue weighted by Crippen LogP contribution is -2.47. The van der Waals surface area contributed by atoms with E-state index in [4.69, 9.17) is 0 Å². The Morgan fingerprint density at radius 1 is 0.611 bits per heavy atom. The zero-order valence-corrected chi connectivity index (χ0v) is 22.6. The third-order valence-corrected chi connectivity index (χ3v) is 5.41. The van der Waals surface area contributed by atoms with Gasteiger partial charge in [-0.3, -0.25) is 24.0 Å². The molecule has 0 atom stereocenters. The van der Waals surface area contributed by atoms with Gasteiger partial charge in [0.05, 0.1) is 19.6 Å². The minimum Gasteiger partial charge on any atom is -0.390 e. The van der Waals surface area contributed by atoms with Crippen molar-refractivity contribution in [2.45, 2.75) is 40.0 Å². The highest BCUT2D eigenvalue weighted by molar-refractivity contribution is 5.85. The van der Waals surface area contributed by atoms with Crippen molar-refractivity contribution in [3.8, 4) is 0 Å². The van der Waals surface area contributed by atoms with Crippen molar-refractivity contribution in [1.29, 1.82) is 0 Å². The van der Waals surface area contributed by atoms with E-state index in [0.29, 0.717) is 44.7 Å². The fraction of sp³-hybridized carbons (Fsp3) is 0.708. The van der Waals surface area contributed by atoms with E-state index in [-0.39, 0.29) is 68.7 Å². The fourth-order valence-corrected chi connectivity index (χ4v) is 3.22. The zero-order chi connectivity index (χ0) is 27.5. The van der Waals surface area contributed by atoms with Gasteiger partial charge in [-0.1, -0.05) is 27.4 Å².